The van der Waals surface area contributed by atoms with Crippen LogP contribution in [0.25, 0.3) is 0 Å². The Kier molecular flexibility index (Phi) is 8.81. The molecule has 0 saturated carbocycles. The lowest BCUT2D eigenvalue weighted by atomic mass is 9.96. The second-order valence-electron chi connectivity index (χ2n) is 8.36. The molecule has 1 unspecified atom stereocenters. The van der Waals surface area contributed by atoms with Crippen molar-refractivity contribution in [2.75, 3.05) is 6.61 Å². The van der Waals surface area contributed by atoms with E-state index < -0.39 is 105 Å². The first-order valence-corrected chi connectivity index (χ1v) is 10.4. The summed E-state index contributed by atoms with van der Waals surface area (Å²) in [7, 11) is 0. The SMILES string of the molecule is C[C@@H]1O[C@@H](O[C@H]2[C@H](O)[C@@H](O)[C@H](O[C@H]3[C@H](O)[C@@H](O)C(O)O[C@@H]3C(=O)O)O[C@@H]2CO)[C@H](O)[C@H](O)[C@H]1O. The van der Waals surface area contributed by atoms with E-state index in [2.05, 4.69) is 0 Å². The molecule has 3 aliphatic rings. The Morgan fingerprint density at radius 3 is 1.82 bits per heavy atom. The van der Waals surface area contributed by atoms with Crippen LogP contribution in [0.2, 0.25) is 0 Å². The van der Waals surface area contributed by atoms with Gasteiger partial charge in [-0.25, -0.2) is 4.79 Å². The number of carboxylic acid groups (broad SMARTS) is 1. The highest BCUT2D eigenvalue weighted by Gasteiger charge is 2.54. The van der Waals surface area contributed by atoms with Crippen molar-refractivity contribution in [2.45, 2.75) is 99.0 Å². The van der Waals surface area contributed by atoms with Crippen LogP contribution >= 0.6 is 0 Å². The van der Waals surface area contributed by atoms with Gasteiger partial charge in [0.15, 0.2) is 25.0 Å². The molecule has 3 fully saturated rings. The molecule has 16 heteroatoms. The number of aliphatic hydroxyl groups is 9. The highest BCUT2D eigenvalue weighted by atomic mass is 16.8. The fourth-order valence-corrected chi connectivity index (χ4v) is 3.97. The van der Waals surface area contributed by atoms with Gasteiger partial charge < -0.3 is 74.7 Å². The fraction of sp³-hybridized carbons (Fsp3) is 0.944. The molecule has 0 aliphatic carbocycles. The summed E-state index contributed by atoms with van der Waals surface area (Å²) in [5.41, 5.74) is 0. The minimum atomic E-state index is -2.04. The Morgan fingerprint density at radius 2 is 1.24 bits per heavy atom. The van der Waals surface area contributed by atoms with Gasteiger partial charge in [-0.05, 0) is 6.92 Å². The van der Waals surface area contributed by atoms with Gasteiger partial charge in [-0.15, -0.1) is 0 Å². The van der Waals surface area contributed by atoms with Crippen molar-refractivity contribution in [1.82, 2.24) is 0 Å². The number of aliphatic hydroxyl groups excluding tert-OH is 9. The number of carbonyl (C=O) groups is 1. The molecule has 0 aromatic rings. The Balaban J connectivity index is 1.74. The van der Waals surface area contributed by atoms with Gasteiger partial charge in [0.2, 0.25) is 0 Å². The van der Waals surface area contributed by atoms with Crippen LogP contribution in [0.3, 0.4) is 0 Å². The van der Waals surface area contributed by atoms with Crippen molar-refractivity contribution >= 4 is 5.97 Å². The number of hydrogen-bond acceptors (Lipinski definition) is 15. The average Bonchev–Trinajstić information content (AvgIpc) is 2.80. The Hall–Kier alpha value is -1.09. The normalized spacial score (nSPS) is 52.4. The van der Waals surface area contributed by atoms with Crippen LogP contribution in [0.5, 0.6) is 0 Å². The topological polar surface area (TPSA) is 266 Å². The van der Waals surface area contributed by atoms with Gasteiger partial charge in [-0.2, -0.15) is 0 Å². The number of aliphatic carboxylic acids is 1. The molecule has 3 heterocycles. The Morgan fingerprint density at radius 1 is 0.706 bits per heavy atom. The first-order valence-electron chi connectivity index (χ1n) is 10.4. The fourth-order valence-electron chi connectivity index (χ4n) is 3.97. The van der Waals surface area contributed by atoms with E-state index in [1.807, 2.05) is 0 Å². The van der Waals surface area contributed by atoms with E-state index in [1.165, 1.54) is 6.92 Å². The molecule has 0 aromatic carbocycles. The largest absolute Gasteiger partial charge is 0.479 e. The zero-order valence-corrected chi connectivity index (χ0v) is 17.8. The van der Waals surface area contributed by atoms with Gasteiger partial charge in [-0.1, -0.05) is 0 Å². The van der Waals surface area contributed by atoms with Crippen LogP contribution in [0.1, 0.15) is 6.92 Å². The highest BCUT2D eigenvalue weighted by molar-refractivity contribution is 5.73. The van der Waals surface area contributed by atoms with Gasteiger partial charge in [0.05, 0.1) is 12.7 Å². The van der Waals surface area contributed by atoms with E-state index in [9.17, 15) is 55.9 Å². The Labute approximate surface area is 192 Å². The lowest BCUT2D eigenvalue weighted by Gasteiger charge is -2.47. The summed E-state index contributed by atoms with van der Waals surface area (Å²) in [6, 6.07) is 0. The summed E-state index contributed by atoms with van der Waals surface area (Å²) in [5, 5.41) is 99.4. The van der Waals surface area contributed by atoms with Crippen molar-refractivity contribution in [3.8, 4) is 0 Å². The number of ether oxygens (including phenoxy) is 5. The number of carboxylic acids is 1. The minimum Gasteiger partial charge on any atom is -0.479 e. The van der Waals surface area contributed by atoms with E-state index in [1.54, 1.807) is 0 Å². The predicted molar refractivity (Wildman–Crippen MR) is 100 cm³/mol. The lowest BCUT2D eigenvalue weighted by molar-refractivity contribution is -0.374. The summed E-state index contributed by atoms with van der Waals surface area (Å²) in [6.07, 6.45) is -26.1. The summed E-state index contributed by atoms with van der Waals surface area (Å²) in [6.45, 7) is 0.541. The smallest absolute Gasteiger partial charge is 0.335 e. The van der Waals surface area contributed by atoms with Crippen LogP contribution in [-0.2, 0) is 28.5 Å². The second-order valence-corrected chi connectivity index (χ2v) is 8.36. The van der Waals surface area contributed by atoms with Crippen LogP contribution in [-0.4, -0.2) is 156 Å². The van der Waals surface area contributed by atoms with Crippen molar-refractivity contribution in [3.63, 3.8) is 0 Å². The zero-order valence-electron chi connectivity index (χ0n) is 17.8. The number of hydrogen-bond donors (Lipinski definition) is 10. The molecule has 0 radical (unpaired) electrons. The molecule has 16 nitrogen and oxygen atoms in total. The third-order valence-electron chi connectivity index (χ3n) is 6.02. The summed E-state index contributed by atoms with van der Waals surface area (Å²) < 4.78 is 26.1. The van der Waals surface area contributed by atoms with Crippen molar-refractivity contribution < 1.29 is 79.5 Å². The highest BCUT2D eigenvalue weighted by Crippen LogP contribution is 2.32. The molecule has 3 aliphatic heterocycles. The van der Waals surface area contributed by atoms with Gasteiger partial charge in [0.25, 0.3) is 0 Å². The summed E-state index contributed by atoms with van der Waals surface area (Å²) >= 11 is 0. The first-order chi connectivity index (χ1) is 15.9. The molecule has 3 saturated heterocycles. The first kappa shape index (κ1) is 27.5. The lowest BCUT2D eigenvalue weighted by Crippen LogP contribution is -2.66. The van der Waals surface area contributed by atoms with Gasteiger partial charge in [0.1, 0.15) is 61.0 Å². The predicted octanol–water partition coefficient (Wildman–Crippen LogP) is -6.45. The maximum absolute atomic E-state index is 11.5. The monoisotopic (exact) mass is 502 g/mol. The van der Waals surface area contributed by atoms with Crippen LogP contribution in [0, 0.1) is 0 Å². The van der Waals surface area contributed by atoms with Gasteiger partial charge in [-0.3, -0.25) is 0 Å². The third kappa shape index (κ3) is 5.20. The van der Waals surface area contributed by atoms with E-state index in [-0.39, 0.29) is 0 Å². The number of rotatable bonds is 6. The van der Waals surface area contributed by atoms with E-state index in [0.29, 0.717) is 0 Å². The molecular weight excluding hydrogens is 472 g/mol. The molecule has 0 bridgehead atoms. The van der Waals surface area contributed by atoms with Gasteiger partial charge in [0, 0.05) is 0 Å². The molecule has 198 valence electrons. The van der Waals surface area contributed by atoms with Crippen LogP contribution in [0.15, 0.2) is 0 Å². The molecule has 10 N–H and O–H groups in total. The molecule has 0 aromatic heterocycles. The third-order valence-corrected chi connectivity index (χ3v) is 6.02. The van der Waals surface area contributed by atoms with Crippen molar-refractivity contribution in [3.05, 3.63) is 0 Å². The van der Waals surface area contributed by atoms with Crippen LogP contribution < -0.4 is 0 Å². The zero-order chi connectivity index (χ0) is 25.5. The molecule has 15 atom stereocenters. The van der Waals surface area contributed by atoms with E-state index >= 15 is 0 Å². The maximum Gasteiger partial charge on any atom is 0.335 e. The second kappa shape index (κ2) is 10.9. The molecule has 0 amide bonds. The van der Waals surface area contributed by atoms with Gasteiger partial charge >= 0.3 is 5.97 Å². The minimum absolute atomic E-state index is 0.842. The standard InChI is InChI=1S/C18H30O16/c1-3-5(20)6(21)10(25)17(30-3)33-12-4(2-19)31-18(11(26)8(12)23)34-13-7(22)9(24)16(29)32-14(13)15(27)28/h3-14,16-26,29H,2H2,1H3,(H,27,28)/t3-,4+,5-,6+,7+,8+,9+,10+,11+,12+,13-,14-,16?,17-,18-/m0/s1. The molecule has 34 heavy (non-hydrogen) atoms. The van der Waals surface area contributed by atoms with E-state index in [0.717, 1.165) is 0 Å². The summed E-state index contributed by atoms with van der Waals surface area (Å²) in [5.74, 6) is -1.68. The van der Waals surface area contributed by atoms with Crippen molar-refractivity contribution in [2.24, 2.45) is 0 Å². The van der Waals surface area contributed by atoms with E-state index in [4.69, 9.17) is 23.7 Å². The maximum atomic E-state index is 11.5. The molecule has 0 spiro atoms. The quantitative estimate of drug-likeness (QED) is 0.162. The average molecular weight is 502 g/mol. The van der Waals surface area contributed by atoms with Crippen molar-refractivity contribution in [1.29, 1.82) is 0 Å². The molecule has 3 rings (SSSR count). The van der Waals surface area contributed by atoms with Crippen LogP contribution in [0.4, 0.5) is 0 Å². The molecular formula is C18H30O16. The summed E-state index contributed by atoms with van der Waals surface area (Å²) in [4.78, 5) is 11.5. The Bertz CT molecular complexity index is 693.